The van der Waals surface area contributed by atoms with Crippen LogP contribution in [-0.2, 0) is 11.3 Å². The zero-order valence-corrected chi connectivity index (χ0v) is 21.7. The highest BCUT2D eigenvalue weighted by molar-refractivity contribution is 7.99. The van der Waals surface area contributed by atoms with Crippen molar-refractivity contribution in [2.45, 2.75) is 24.7 Å². The minimum atomic E-state index is -0.476. The highest BCUT2D eigenvalue weighted by Crippen LogP contribution is 2.26. The Balaban J connectivity index is 1.44. The molecular formula is C26H23Cl2N5O2S. The predicted molar refractivity (Wildman–Crippen MR) is 146 cm³/mol. The third kappa shape index (κ3) is 5.90. The normalized spacial score (nSPS) is 11.8. The number of nitrogens with zero attached hydrogens (tertiary/aromatic N) is 3. The minimum absolute atomic E-state index is 0.139. The van der Waals surface area contributed by atoms with Crippen molar-refractivity contribution in [1.29, 1.82) is 0 Å². The molecule has 7 nitrogen and oxygen atoms in total. The molecule has 0 radical (unpaired) electrons. The maximum atomic E-state index is 12.7. The molecule has 10 heteroatoms. The third-order valence-electron chi connectivity index (χ3n) is 5.36. The highest BCUT2D eigenvalue weighted by Gasteiger charge is 2.21. The van der Waals surface area contributed by atoms with Gasteiger partial charge in [-0.3, -0.25) is 9.59 Å². The van der Waals surface area contributed by atoms with Gasteiger partial charge < -0.3 is 15.2 Å². The van der Waals surface area contributed by atoms with Gasteiger partial charge in [0, 0.05) is 22.6 Å². The molecule has 1 aromatic heterocycles. The molecule has 2 N–H and O–H groups in total. The second-order valence-corrected chi connectivity index (χ2v) is 9.71. The SMILES string of the molecule is C=CCn1c(SCC(=O)Nc2cccc3ccccc23)nnc1[C@H](C)NC(=O)c1ccc(Cl)cc1Cl. The minimum Gasteiger partial charge on any atom is -0.342 e. The summed E-state index contributed by atoms with van der Waals surface area (Å²) in [5.74, 6) is 0.149. The molecular weight excluding hydrogens is 517 g/mol. The molecule has 184 valence electrons. The Morgan fingerprint density at radius 1 is 1.11 bits per heavy atom. The first kappa shape index (κ1) is 25.8. The molecule has 4 aromatic rings. The van der Waals surface area contributed by atoms with Gasteiger partial charge in [-0.2, -0.15) is 0 Å². The van der Waals surface area contributed by atoms with E-state index >= 15 is 0 Å². The van der Waals surface area contributed by atoms with Crippen molar-refractivity contribution in [2.24, 2.45) is 0 Å². The van der Waals surface area contributed by atoms with Gasteiger partial charge in [-0.25, -0.2) is 0 Å². The number of halogens is 2. The molecule has 3 aromatic carbocycles. The van der Waals surface area contributed by atoms with Gasteiger partial charge in [0.2, 0.25) is 5.91 Å². The van der Waals surface area contributed by atoms with Crippen LogP contribution in [0.4, 0.5) is 5.69 Å². The molecule has 1 atom stereocenters. The topological polar surface area (TPSA) is 88.9 Å². The molecule has 0 bridgehead atoms. The van der Waals surface area contributed by atoms with E-state index < -0.39 is 6.04 Å². The zero-order chi connectivity index (χ0) is 25.7. The summed E-state index contributed by atoms with van der Waals surface area (Å²) in [6, 6.07) is 17.9. The Bertz CT molecular complexity index is 1430. The summed E-state index contributed by atoms with van der Waals surface area (Å²) in [5, 5.41) is 17.6. The van der Waals surface area contributed by atoms with E-state index in [0.717, 1.165) is 16.5 Å². The number of benzene rings is 3. The number of carbonyl (C=O) groups is 2. The van der Waals surface area contributed by atoms with Crippen LogP contribution in [0.25, 0.3) is 10.8 Å². The fourth-order valence-corrected chi connectivity index (χ4v) is 4.94. The monoisotopic (exact) mass is 539 g/mol. The molecule has 0 aliphatic rings. The van der Waals surface area contributed by atoms with Crippen LogP contribution in [0, 0.1) is 0 Å². The van der Waals surface area contributed by atoms with Gasteiger partial charge >= 0.3 is 0 Å². The number of allylic oxidation sites excluding steroid dienone is 1. The van der Waals surface area contributed by atoms with Gasteiger partial charge in [0.15, 0.2) is 11.0 Å². The maximum Gasteiger partial charge on any atom is 0.253 e. The molecule has 0 saturated carbocycles. The van der Waals surface area contributed by atoms with E-state index in [4.69, 9.17) is 23.2 Å². The number of hydrogen-bond acceptors (Lipinski definition) is 5. The van der Waals surface area contributed by atoms with Crippen LogP contribution in [0.2, 0.25) is 10.0 Å². The van der Waals surface area contributed by atoms with Crippen molar-refractivity contribution in [3.8, 4) is 0 Å². The number of nitrogens with one attached hydrogen (secondary N) is 2. The number of rotatable bonds is 9. The molecule has 0 unspecified atom stereocenters. The molecule has 0 aliphatic carbocycles. The van der Waals surface area contributed by atoms with Crippen molar-refractivity contribution in [2.75, 3.05) is 11.1 Å². The Morgan fingerprint density at radius 3 is 2.67 bits per heavy atom. The van der Waals surface area contributed by atoms with E-state index in [-0.39, 0.29) is 22.6 Å². The summed E-state index contributed by atoms with van der Waals surface area (Å²) in [5.41, 5.74) is 1.06. The average molecular weight is 540 g/mol. The number of hydrogen-bond donors (Lipinski definition) is 2. The van der Waals surface area contributed by atoms with Gasteiger partial charge in [0.05, 0.1) is 22.4 Å². The van der Waals surface area contributed by atoms with Gasteiger partial charge in [-0.15, -0.1) is 16.8 Å². The maximum absolute atomic E-state index is 12.7. The Hall–Kier alpha value is -3.33. The summed E-state index contributed by atoms with van der Waals surface area (Å²) in [6.45, 7) is 6.02. The lowest BCUT2D eigenvalue weighted by molar-refractivity contribution is -0.113. The smallest absolute Gasteiger partial charge is 0.253 e. The van der Waals surface area contributed by atoms with E-state index in [2.05, 4.69) is 27.4 Å². The van der Waals surface area contributed by atoms with Crippen LogP contribution >= 0.6 is 35.0 Å². The summed E-state index contributed by atoms with van der Waals surface area (Å²) in [4.78, 5) is 25.5. The average Bonchev–Trinajstić information content (AvgIpc) is 3.26. The van der Waals surface area contributed by atoms with Crippen LogP contribution in [0.5, 0.6) is 0 Å². The molecule has 2 amide bonds. The highest BCUT2D eigenvalue weighted by atomic mass is 35.5. The van der Waals surface area contributed by atoms with E-state index in [9.17, 15) is 9.59 Å². The predicted octanol–water partition coefficient (Wildman–Crippen LogP) is 6.15. The van der Waals surface area contributed by atoms with Gasteiger partial charge in [0.1, 0.15) is 0 Å². The molecule has 4 rings (SSSR count). The summed E-state index contributed by atoms with van der Waals surface area (Å²) >= 11 is 13.4. The standard InChI is InChI=1S/C26H23Cl2N5O2S/c1-3-13-33-24(16(2)29-25(35)20-12-11-18(27)14-21(20)28)31-32-26(33)36-15-23(34)30-22-10-6-8-17-7-4-5-9-19(17)22/h3-12,14,16H,1,13,15H2,2H3,(H,29,35)(H,30,34)/t16-/m0/s1. The number of thioether (sulfide) groups is 1. The van der Waals surface area contributed by atoms with E-state index in [1.807, 2.05) is 47.0 Å². The lowest BCUT2D eigenvalue weighted by Gasteiger charge is -2.16. The molecule has 0 saturated heterocycles. The van der Waals surface area contributed by atoms with Crippen LogP contribution in [0.15, 0.2) is 78.5 Å². The van der Waals surface area contributed by atoms with E-state index in [0.29, 0.717) is 28.1 Å². The molecule has 0 spiro atoms. The molecule has 1 heterocycles. The second-order valence-electron chi connectivity index (χ2n) is 7.92. The number of amides is 2. The van der Waals surface area contributed by atoms with Crippen LogP contribution in [0.3, 0.4) is 0 Å². The van der Waals surface area contributed by atoms with Crippen molar-refractivity contribution in [3.63, 3.8) is 0 Å². The van der Waals surface area contributed by atoms with Crippen molar-refractivity contribution in [3.05, 3.63) is 94.8 Å². The van der Waals surface area contributed by atoms with Crippen molar-refractivity contribution < 1.29 is 9.59 Å². The summed E-state index contributed by atoms with van der Waals surface area (Å²) in [7, 11) is 0. The second kappa shape index (κ2) is 11.6. The first-order valence-electron chi connectivity index (χ1n) is 11.1. The molecule has 0 fully saturated rings. The quantitative estimate of drug-likeness (QED) is 0.197. The van der Waals surface area contributed by atoms with E-state index in [1.165, 1.54) is 17.8 Å². The Labute approximate surface area is 222 Å². The summed E-state index contributed by atoms with van der Waals surface area (Å²) in [6.07, 6.45) is 1.71. The number of fused-ring (bicyclic) bond motifs is 1. The number of aromatic nitrogens is 3. The lowest BCUT2D eigenvalue weighted by Crippen LogP contribution is -2.29. The van der Waals surface area contributed by atoms with Crippen LogP contribution in [0.1, 0.15) is 29.1 Å². The molecule has 0 aliphatic heterocycles. The fourth-order valence-electron chi connectivity index (χ4n) is 3.69. The number of anilines is 1. The van der Waals surface area contributed by atoms with Crippen molar-refractivity contribution in [1.82, 2.24) is 20.1 Å². The largest absolute Gasteiger partial charge is 0.342 e. The first-order valence-corrected chi connectivity index (χ1v) is 12.8. The Morgan fingerprint density at radius 2 is 1.89 bits per heavy atom. The van der Waals surface area contributed by atoms with Crippen molar-refractivity contribution >= 4 is 63.2 Å². The summed E-state index contributed by atoms with van der Waals surface area (Å²) < 4.78 is 1.82. The Kier molecular flexibility index (Phi) is 8.30. The van der Waals surface area contributed by atoms with Gasteiger partial charge in [-0.1, -0.05) is 77.4 Å². The first-order chi connectivity index (χ1) is 17.4. The fraction of sp³-hybridized carbons (Fsp3) is 0.154. The van der Waals surface area contributed by atoms with Gasteiger partial charge in [-0.05, 0) is 36.6 Å². The van der Waals surface area contributed by atoms with Crippen LogP contribution < -0.4 is 10.6 Å². The lowest BCUT2D eigenvalue weighted by atomic mass is 10.1. The zero-order valence-electron chi connectivity index (χ0n) is 19.4. The van der Waals surface area contributed by atoms with Crippen LogP contribution in [-0.4, -0.2) is 32.3 Å². The van der Waals surface area contributed by atoms with Gasteiger partial charge in [0.25, 0.3) is 5.91 Å². The molecule has 36 heavy (non-hydrogen) atoms. The number of carbonyl (C=O) groups excluding carboxylic acids is 2. The van der Waals surface area contributed by atoms with E-state index in [1.54, 1.807) is 25.1 Å². The third-order valence-corrected chi connectivity index (χ3v) is 6.88.